The molecule has 2 N–H and O–H groups in total. The number of hydrogen-bond donors (Lipinski definition) is 1. The Balaban J connectivity index is 1.75. The number of rotatable bonds is 2. The molecule has 2 aliphatic rings. The van der Waals surface area contributed by atoms with Gasteiger partial charge >= 0.3 is 0 Å². The molecular formula is C16H24N2OS. The summed E-state index contributed by atoms with van der Waals surface area (Å²) in [6.45, 7) is 2.91. The van der Waals surface area contributed by atoms with Crippen LogP contribution in [0.25, 0.3) is 0 Å². The summed E-state index contributed by atoms with van der Waals surface area (Å²) in [4.78, 5) is 16.8. The van der Waals surface area contributed by atoms with Crippen LogP contribution < -0.4 is 5.73 Å². The van der Waals surface area contributed by atoms with Crippen LogP contribution in [-0.2, 0) is 0 Å². The summed E-state index contributed by atoms with van der Waals surface area (Å²) in [6, 6.07) is 2.34. The van der Waals surface area contributed by atoms with Crippen LogP contribution in [-0.4, -0.2) is 23.4 Å². The molecule has 1 amide bonds. The normalized spacial score (nSPS) is 24.2. The van der Waals surface area contributed by atoms with Crippen LogP contribution in [0.15, 0.2) is 6.07 Å². The summed E-state index contributed by atoms with van der Waals surface area (Å²) in [6.07, 6.45) is 9.02. The van der Waals surface area contributed by atoms with Crippen molar-refractivity contribution in [2.75, 3.05) is 12.3 Å². The molecule has 1 aliphatic carbocycles. The van der Waals surface area contributed by atoms with Gasteiger partial charge in [-0.3, -0.25) is 4.79 Å². The molecule has 110 valence electrons. The molecule has 1 aromatic heterocycles. The highest BCUT2D eigenvalue weighted by molar-refractivity contribution is 7.14. The van der Waals surface area contributed by atoms with Gasteiger partial charge in [-0.25, -0.2) is 0 Å². The summed E-state index contributed by atoms with van der Waals surface area (Å²) in [5.74, 6) is 0.941. The lowest BCUT2D eigenvalue weighted by Gasteiger charge is -2.33. The second-order valence-electron chi connectivity index (χ2n) is 6.23. The first-order valence-electron chi connectivity index (χ1n) is 7.83. The second kappa shape index (κ2) is 5.76. The molecule has 0 bridgehead atoms. The molecule has 0 spiro atoms. The third-order valence-corrected chi connectivity index (χ3v) is 5.98. The van der Waals surface area contributed by atoms with E-state index < -0.39 is 0 Å². The van der Waals surface area contributed by atoms with Gasteiger partial charge in [0.15, 0.2) is 0 Å². The Labute approximate surface area is 125 Å². The number of aryl methyl sites for hydroxylation is 1. The van der Waals surface area contributed by atoms with E-state index in [2.05, 4.69) is 4.90 Å². The molecule has 3 nitrogen and oxygen atoms in total. The Morgan fingerprint density at radius 2 is 2.00 bits per heavy atom. The Bertz CT molecular complexity index is 471. The van der Waals surface area contributed by atoms with E-state index in [0.717, 1.165) is 34.3 Å². The first-order chi connectivity index (χ1) is 9.66. The monoisotopic (exact) mass is 292 g/mol. The number of likely N-dealkylation sites (tertiary alicyclic amines) is 1. The highest BCUT2D eigenvalue weighted by atomic mass is 32.1. The standard InChI is InChI=1S/C16H24N2OS/c1-11-13(17)10-15(20-11)16(19)18-9-5-8-14(18)12-6-3-2-4-7-12/h10,12,14H,2-9,17H2,1H3. The van der Waals surface area contributed by atoms with Gasteiger partial charge in [-0.15, -0.1) is 11.3 Å². The van der Waals surface area contributed by atoms with Gasteiger partial charge in [0.1, 0.15) is 0 Å². The van der Waals surface area contributed by atoms with Crippen molar-refractivity contribution in [1.82, 2.24) is 4.90 Å². The van der Waals surface area contributed by atoms with Crippen molar-refractivity contribution < 1.29 is 4.79 Å². The summed E-state index contributed by atoms with van der Waals surface area (Å²) in [5, 5.41) is 0. The minimum Gasteiger partial charge on any atom is -0.398 e. The fourth-order valence-corrected chi connectivity index (χ4v) is 4.69. The van der Waals surface area contributed by atoms with Gasteiger partial charge in [0.25, 0.3) is 5.91 Å². The van der Waals surface area contributed by atoms with Crippen LogP contribution in [0.3, 0.4) is 0 Å². The van der Waals surface area contributed by atoms with Gasteiger partial charge in [-0.2, -0.15) is 0 Å². The highest BCUT2D eigenvalue weighted by Gasteiger charge is 2.35. The van der Waals surface area contributed by atoms with Crippen molar-refractivity contribution in [3.63, 3.8) is 0 Å². The third kappa shape index (κ3) is 2.58. The molecule has 1 aromatic rings. The maximum Gasteiger partial charge on any atom is 0.264 e. The van der Waals surface area contributed by atoms with E-state index in [-0.39, 0.29) is 5.91 Å². The van der Waals surface area contributed by atoms with Crippen molar-refractivity contribution >= 4 is 22.9 Å². The molecular weight excluding hydrogens is 268 g/mol. The molecule has 1 aliphatic heterocycles. The molecule has 0 aromatic carbocycles. The SMILES string of the molecule is Cc1sc(C(=O)N2CCCC2C2CCCCC2)cc1N. The van der Waals surface area contributed by atoms with E-state index in [4.69, 9.17) is 5.73 Å². The Kier molecular flexibility index (Phi) is 4.01. The Morgan fingerprint density at radius 3 is 2.65 bits per heavy atom. The first-order valence-corrected chi connectivity index (χ1v) is 8.65. The topological polar surface area (TPSA) is 46.3 Å². The van der Waals surface area contributed by atoms with Crippen molar-refractivity contribution in [3.8, 4) is 0 Å². The van der Waals surface area contributed by atoms with Crippen molar-refractivity contribution in [1.29, 1.82) is 0 Å². The highest BCUT2D eigenvalue weighted by Crippen LogP contribution is 2.36. The van der Waals surface area contributed by atoms with Crippen LogP contribution in [0, 0.1) is 12.8 Å². The maximum absolute atomic E-state index is 12.7. The fourth-order valence-electron chi connectivity index (χ4n) is 3.80. The van der Waals surface area contributed by atoms with E-state index >= 15 is 0 Å². The zero-order valence-electron chi connectivity index (χ0n) is 12.2. The molecule has 2 heterocycles. The maximum atomic E-state index is 12.7. The Hall–Kier alpha value is -1.03. The van der Waals surface area contributed by atoms with Crippen LogP contribution >= 0.6 is 11.3 Å². The zero-order chi connectivity index (χ0) is 14.1. The van der Waals surface area contributed by atoms with E-state index in [1.54, 1.807) is 11.3 Å². The molecule has 2 fully saturated rings. The van der Waals surface area contributed by atoms with E-state index in [1.807, 2.05) is 13.0 Å². The van der Waals surface area contributed by atoms with Crippen molar-refractivity contribution in [3.05, 3.63) is 15.8 Å². The fraction of sp³-hybridized carbons (Fsp3) is 0.688. The molecule has 3 rings (SSSR count). The number of hydrogen-bond acceptors (Lipinski definition) is 3. The lowest BCUT2D eigenvalue weighted by molar-refractivity contribution is 0.0666. The van der Waals surface area contributed by atoms with Crippen molar-refractivity contribution in [2.24, 2.45) is 5.92 Å². The van der Waals surface area contributed by atoms with Gasteiger partial charge < -0.3 is 10.6 Å². The largest absolute Gasteiger partial charge is 0.398 e. The van der Waals surface area contributed by atoms with Gasteiger partial charge in [0.05, 0.1) is 4.88 Å². The quantitative estimate of drug-likeness (QED) is 0.900. The number of carbonyl (C=O) groups excluding carboxylic acids is 1. The van der Waals surface area contributed by atoms with Gasteiger partial charge in [-0.05, 0) is 44.6 Å². The predicted octanol–water partition coefficient (Wildman–Crippen LogP) is 3.82. The number of nitrogens with zero attached hydrogens (tertiary/aromatic N) is 1. The van der Waals surface area contributed by atoms with E-state index in [0.29, 0.717) is 6.04 Å². The first kappa shape index (κ1) is 13.9. The molecule has 20 heavy (non-hydrogen) atoms. The minimum absolute atomic E-state index is 0.211. The van der Waals surface area contributed by atoms with Crippen molar-refractivity contribution in [2.45, 2.75) is 57.9 Å². The Morgan fingerprint density at radius 1 is 1.25 bits per heavy atom. The van der Waals surface area contributed by atoms with Crippen LogP contribution in [0.1, 0.15) is 59.5 Å². The minimum atomic E-state index is 0.211. The van der Waals surface area contributed by atoms with E-state index in [1.165, 1.54) is 38.5 Å². The summed E-state index contributed by atoms with van der Waals surface area (Å²) >= 11 is 1.54. The number of nitrogens with two attached hydrogens (primary N) is 1. The molecule has 1 unspecified atom stereocenters. The third-order valence-electron chi connectivity index (χ3n) is 4.92. The lowest BCUT2D eigenvalue weighted by Crippen LogP contribution is -2.40. The number of nitrogen functional groups attached to an aromatic ring is 1. The molecule has 1 atom stereocenters. The van der Waals surface area contributed by atoms with Crippen LogP contribution in [0.5, 0.6) is 0 Å². The summed E-state index contributed by atoms with van der Waals surface area (Å²) in [7, 11) is 0. The van der Waals surface area contributed by atoms with Gasteiger partial charge in [0.2, 0.25) is 0 Å². The van der Waals surface area contributed by atoms with E-state index in [9.17, 15) is 4.79 Å². The summed E-state index contributed by atoms with van der Waals surface area (Å²) < 4.78 is 0. The van der Waals surface area contributed by atoms with Crippen LogP contribution in [0.4, 0.5) is 5.69 Å². The average Bonchev–Trinajstić information content (AvgIpc) is 3.07. The number of anilines is 1. The molecule has 1 saturated carbocycles. The molecule has 0 radical (unpaired) electrons. The average molecular weight is 292 g/mol. The number of thiophene rings is 1. The van der Waals surface area contributed by atoms with Crippen LogP contribution in [0.2, 0.25) is 0 Å². The zero-order valence-corrected chi connectivity index (χ0v) is 13.0. The lowest BCUT2D eigenvalue weighted by atomic mass is 9.83. The smallest absolute Gasteiger partial charge is 0.264 e. The number of carbonyl (C=O) groups is 1. The molecule has 4 heteroatoms. The predicted molar refractivity (Wildman–Crippen MR) is 84.1 cm³/mol. The number of amides is 1. The summed E-state index contributed by atoms with van der Waals surface area (Å²) in [5.41, 5.74) is 6.65. The second-order valence-corrected chi connectivity index (χ2v) is 7.48. The van der Waals surface area contributed by atoms with Gasteiger partial charge in [-0.1, -0.05) is 19.3 Å². The van der Waals surface area contributed by atoms with Gasteiger partial charge in [0, 0.05) is 23.2 Å². The molecule has 1 saturated heterocycles.